The third-order valence-corrected chi connectivity index (χ3v) is 4.16. The number of aryl methyl sites for hydroxylation is 2. The van der Waals surface area contributed by atoms with Crippen molar-refractivity contribution in [2.24, 2.45) is 0 Å². The van der Waals surface area contributed by atoms with Crippen LogP contribution in [0.5, 0.6) is 0 Å². The number of fused-ring (bicyclic) bond motifs is 1. The van der Waals surface area contributed by atoms with Crippen molar-refractivity contribution in [1.82, 2.24) is 15.3 Å². The van der Waals surface area contributed by atoms with Gasteiger partial charge >= 0.3 is 0 Å². The van der Waals surface area contributed by atoms with E-state index in [-0.39, 0.29) is 0 Å². The van der Waals surface area contributed by atoms with Gasteiger partial charge in [0.15, 0.2) is 0 Å². The van der Waals surface area contributed by atoms with Crippen LogP contribution in [-0.2, 0) is 13.0 Å². The van der Waals surface area contributed by atoms with Gasteiger partial charge in [-0.15, -0.1) is 0 Å². The van der Waals surface area contributed by atoms with E-state index in [9.17, 15) is 0 Å². The van der Waals surface area contributed by atoms with E-state index < -0.39 is 0 Å². The predicted molar refractivity (Wildman–Crippen MR) is 85.4 cm³/mol. The van der Waals surface area contributed by atoms with E-state index >= 15 is 0 Å². The molecule has 1 aliphatic rings. The first-order chi connectivity index (χ1) is 10.3. The summed E-state index contributed by atoms with van der Waals surface area (Å²) in [5.74, 6) is 1.35. The summed E-state index contributed by atoms with van der Waals surface area (Å²) in [6.45, 7) is 5.97. The van der Waals surface area contributed by atoms with E-state index in [0.717, 1.165) is 36.7 Å². The average Bonchev–Trinajstić information content (AvgIpc) is 2.52. The molecule has 2 aromatic rings. The highest BCUT2D eigenvalue weighted by Crippen LogP contribution is 2.35. The number of hydrogen-bond acceptors (Lipinski definition) is 3. The highest BCUT2D eigenvalue weighted by atomic mass is 14.9. The first-order valence-corrected chi connectivity index (χ1v) is 7.91. The lowest BCUT2D eigenvalue weighted by atomic mass is 9.82. The zero-order chi connectivity index (χ0) is 14.7. The lowest BCUT2D eigenvalue weighted by Gasteiger charge is -2.24. The highest BCUT2D eigenvalue weighted by molar-refractivity contribution is 5.36. The Morgan fingerprint density at radius 2 is 2.10 bits per heavy atom. The second-order valence-corrected chi connectivity index (χ2v) is 5.78. The SMILES string of the molecule is CCNCc1cc(C)nc(C2CCCc3ccccc32)n1. The first-order valence-electron chi connectivity index (χ1n) is 7.91. The fourth-order valence-corrected chi connectivity index (χ4v) is 3.18. The Kier molecular flexibility index (Phi) is 4.30. The Morgan fingerprint density at radius 1 is 1.24 bits per heavy atom. The molecule has 110 valence electrons. The fraction of sp³-hybridized carbons (Fsp3) is 0.444. The summed E-state index contributed by atoms with van der Waals surface area (Å²) in [4.78, 5) is 9.55. The molecule has 0 bridgehead atoms. The molecule has 1 atom stereocenters. The Morgan fingerprint density at radius 3 is 2.95 bits per heavy atom. The second kappa shape index (κ2) is 6.35. The number of nitrogens with one attached hydrogen (secondary N) is 1. The quantitative estimate of drug-likeness (QED) is 0.933. The number of nitrogens with zero attached hydrogens (tertiary/aromatic N) is 2. The van der Waals surface area contributed by atoms with Gasteiger partial charge in [-0.1, -0.05) is 31.2 Å². The van der Waals surface area contributed by atoms with E-state index in [1.54, 1.807) is 0 Å². The van der Waals surface area contributed by atoms with E-state index in [1.165, 1.54) is 24.0 Å². The highest BCUT2D eigenvalue weighted by Gasteiger charge is 2.24. The molecule has 0 spiro atoms. The maximum atomic E-state index is 4.82. The van der Waals surface area contributed by atoms with Crippen molar-refractivity contribution in [3.63, 3.8) is 0 Å². The third-order valence-electron chi connectivity index (χ3n) is 4.16. The minimum atomic E-state index is 0.357. The van der Waals surface area contributed by atoms with Crippen LogP contribution in [0.15, 0.2) is 30.3 Å². The number of hydrogen-bond donors (Lipinski definition) is 1. The molecule has 1 aliphatic carbocycles. The van der Waals surface area contributed by atoms with Gasteiger partial charge in [0, 0.05) is 18.2 Å². The average molecular weight is 281 g/mol. The minimum absolute atomic E-state index is 0.357. The molecule has 0 saturated carbocycles. The van der Waals surface area contributed by atoms with Crippen molar-refractivity contribution >= 4 is 0 Å². The van der Waals surface area contributed by atoms with E-state index in [1.807, 2.05) is 0 Å². The first kappa shape index (κ1) is 14.2. The van der Waals surface area contributed by atoms with Crippen LogP contribution in [0.3, 0.4) is 0 Å². The molecule has 1 N–H and O–H groups in total. The maximum absolute atomic E-state index is 4.82. The van der Waals surface area contributed by atoms with Gasteiger partial charge in [0.2, 0.25) is 0 Å². The summed E-state index contributed by atoms with van der Waals surface area (Å²) in [5.41, 5.74) is 5.05. The summed E-state index contributed by atoms with van der Waals surface area (Å²) >= 11 is 0. The van der Waals surface area contributed by atoms with Gasteiger partial charge in [0.1, 0.15) is 5.82 Å². The third kappa shape index (κ3) is 3.13. The van der Waals surface area contributed by atoms with Gasteiger partial charge in [0.25, 0.3) is 0 Å². The van der Waals surface area contributed by atoms with Gasteiger partial charge in [-0.25, -0.2) is 9.97 Å². The molecule has 0 aliphatic heterocycles. The summed E-state index contributed by atoms with van der Waals surface area (Å²) in [6.07, 6.45) is 3.56. The van der Waals surface area contributed by atoms with Gasteiger partial charge < -0.3 is 5.32 Å². The Bertz CT molecular complexity index is 622. The van der Waals surface area contributed by atoms with E-state index in [0.29, 0.717) is 5.92 Å². The van der Waals surface area contributed by atoms with Crippen molar-refractivity contribution in [2.45, 2.75) is 45.6 Å². The summed E-state index contributed by atoms with van der Waals surface area (Å²) in [5, 5.41) is 3.35. The molecule has 0 saturated heterocycles. The van der Waals surface area contributed by atoms with Crippen LogP contribution >= 0.6 is 0 Å². The number of aromatic nitrogens is 2. The Balaban J connectivity index is 1.95. The van der Waals surface area contributed by atoms with Crippen molar-refractivity contribution in [3.05, 3.63) is 58.7 Å². The van der Waals surface area contributed by atoms with Gasteiger partial charge in [-0.2, -0.15) is 0 Å². The van der Waals surface area contributed by atoms with Gasteiger partial charge in [0.05, 0.1) is 5.69 Å². The molecule has 1 unspecified atom stereocenters. The summed E-state index contributed by atoms with van der Waals surface area (Å²) in [6, 6.07) is 10.8. The fourth-order valence-electron chi connectivity index (χ4n) is 3.18. The molecule has 0 amide bonds. The van der Waals surface area contributed by atoms with Gasteiger partial charge in [-0.3, -0.25) is 0 Å². The lowest BCUT2D eigenvalue weighted by molar-refractivity contribution is 0.582. The van der Waals surface area contributed by atoms with Crippen LogP contribution in [0.4, 0.5) is 0 Å². The smallest absolute Gasteiger partial charge is 0.136 e. The number of rotatable bonds is 4. The Labute approximate surface area is 126 Å². The normalized spacial score (nSPS) is 17.5. The van der Waals surface area contributed by atoms with Crippen molar-refractivity contribution < 1.29 is 0 Å². The molecule has 3 heteroatoms. The molecule has 21 heavy (non-hydrogen) atoms. The zero-order valence-electron chi connectivity index (χ0n) is 12.9. The van der Waals surface area contributed by atoms with Crippen LogP contribution in [0.25, 0.3) is 0 Å². The standard InChI is InChI=1S/C18H23N3/c1-3-19-12-15-11-13(2)20-18(21-15)17-10-6-8-14-7-4-5-9-16(14)17/h4-5,7,9,11,17,19H,3,6,8,10,12H2,1-2H3. The maximum Gasteiger partial charge on any atom is 0.136 e. The van der Waals surface area contributed by atoms with Crippen LogP contribution in [0.1, 0.15) is 54.0 Å². The van der Waals surface area contributed by atoms with Gasteiger partial charge in [-0.05, 0) is 49.9 Å². The van der Waals surface area contributed by atoms with Crippen LogP contribution in [-0.4, -0.2) is 16.5 Å². The summed E-state index contributed by atoms with van der Waals surface area (Å²) in [7, 11) is 0. The summed E-state index contributed by atoms with van der Waals surface area (Å²) < 4.78 is 0. The molecule has 1 heterocycles. The van der Waals surface area contributed by atoms with Crippen LogP contribution in [0, 0.1) is 6.92 Å². The lowest BCUT2D eigenvalue weighted by Crippen LogP contribution is -2.18. The van der Waals surface area contributed by atoms with Crippen molar-refractivity contribution in [1.29, 1.82) is 0 Å². The van der Waals surface area contributed by atoms with E-state index in [4.69, 9.17) is 9.97 Å². The topological polar surface area (TPSA) is 37.8 Å². The number of benzene rings is 1. The molecule has 3 nitrogen and oxygen atoms in total. The molecular formula is C18H23N3. The predicted octanol–water partition coefficient (Wildman–Crippen LogP) is 3.36. The molecular weight excluding hydrogens is 258 g/mol. The van der Waals surface area contributed by atoms with Crippen LogP contribution < -0.4 is 5.32 Å². The second-order valence-electron chi connectivity index (χ2n) is 5.78. The molecule has 0 radical (unpaired) electrons. The largest absolute Gasteiger partial charge is 0.311 e. The molecule has 1 aromatic carbocycles. The molecule has 3 rings (SSSR count). The minimum Gasteiger partial charge on any atom is -0.311 e. The van der Waals surface area contributed by atoms with Crippen molar-refractivity contribution in [3.8, 4) is 0 Å². The van der Waals surface area contributed by atoms with Crippen LogP contribution in [0.2, 0.25) is 0 Å². The molecule has 1 aromatic heterocycles. The van der Waals surface area contributed by atoms with E-state index in [2.05, 4.69) is 49.5 Å². The van der Waals surface area contributed by atoms with Crippen molar-refractivity contribution in [2.75, 3.05) is 6.54 Å². The Hall–Kier alpha value is -1.74. The zero-order valence-corrected chi connectivity index (χ0v) is 12.9. The monoisotopic (exact) mass is 281 g/mol. The molecule has 0 fully saturated rings.